The molecule has 0 aliphatic rings. The van der Waals surface area contributed by atoms with E-state index < -0.39 is 0 Å². The van der Waals surface area contributed by atoms with Crippen LogP contribution < -0.4 is 5.32 Å². The molecule has 1 heteroatoms. The normalized spacial score (nSPS) is 11.9. The molecular formula is C16H31N. The van der Waals surface area contributed by atoms with Crippen molar-refractivity contribution in [1.29, 1.82) is 0 Å². The van der Waals surface area contributed by atoms with Crippen molar-refractivity contribution in [3.8, 4) is 0 Å². The number of hydrogen-bond donors (Lipinski definition) is 1. The number of rotatable bonds is 12. The molecule has 17 heavy (non-hydrogen) atoms. The molecule has 0 heterocycles. The molecule has 1 N–H and O–H groups in total. The fourth-order valence-corrected chi connectivity index (χ4v) is 1.70. The third-order valence-electron chi connectivity index (χ3n) is 2.77. The van der Waals surface area contributed by atoms with Gasteiger partial charge in [0.2, 0.25) is 0 Å². The molecule has 0 aromatic heterocycles. The maximum absolute atomic E-state index is 3.35. The first-order chi connectivity index (χ1) is 8.41. The van der Waals surface area contributed by atoms with E-state index in [1.807, 2.05) is 0 Å². The van der Waals surface area contributed by atoms with E-state index in [0.29, 0.717) is 0 Å². The van der Waals surface area contributed by atoms with Crippen molar-refractivity contribution in [2.45, 2.75) is 65.2 Å². The average Bonchev–Trinajstić information content (AvgIpc) is 2.35. The highest BCUT2D eigenvalue weighted by Gasteiger charge is 1.85. The molecule has 0 fully saturated rings. The predicted octanol–water partition coefficient (Wildman–Crippen LogP) is 4.85. The van der Waals surface area contributed by atoms with Crippen molar-refractivity contribution in [3.63, 3.8) is 0 Å². The molecule has 0 aliphatic carbocycles. The van der Waals surface area contributed by atoms with Crippen LogP contribution in [0.1, 0.15) is 65.2 Å². The standard InChI is InChI=1S/C16H31N/c1-3-5-6-7-8-9-10-11-12-13-14-16-17-15-4-2/h10-11,13-14,17H,3-9,12,15-16H2,1-2H3/b11-10-,14-13-. The summed E-state index contributed by atoms with van der Waals surface area (Å²) in [6.07, 6.45) is 19.5. The first-order valence-corrected chi connectivity index (χ1v) is 7.42. The summed E-state index contributed by atoms with van der Waals surface area (Å²) in [5.74, 6) is 0. The van der Waals surface area contributed by atoms with Gasteiger partial charge in [0.15, 0.2) is 0 Å². The quantitative estimate of drug-likeness (QED) is 0.378. The molecule has 0 atom stereocenters. The number of nitrogens with one attached hydrogen (secondary N) is 1. The lowest BCUT2D eigenvalue weighted by Gasteiger charge is -1.96. The van der Waals surface area contributed by atoms with E-state index in [-0.39, 0.29) is 0 Å². The highest BCUT2D eigenvalue weighted by molar-refractivity contribution is 4.93. The Kier molecular flexibility index (Phi) is 14.9. The minimum atomic E-state index is 1.01. The zero-order chi connectivity index (χ0) is 12.6. The molecule has 0 radical (unpaired) electrons. The Hall–Kier alpha value is -0.560. The SMILES string of the molecule is CCCCCCC/C=C\C/C=C\CNCCC. The number of hydrogen-bond acceptors (Lipinski definition) is 1. The van der Waals surface area contributed by atoms with Crippen molar-refractivity contribution in [2.75, 3.05) is 13.1 Å². The van der Waals surface area contributed by atoms with Gasteiger partial charge in [-0.25, -0.2) is 0 Å². The van der Waals surface area contributed by atoms with Gasteiger partial charge in [-0.2, -0.15) is 0 Å². The van der Waals surface area contributed by atoms with Gasteiger partial charge in [-0.05, 0) is 32.2 Å². The molecule has 0 aromatic rings. The molecule has 0 aliphatic heterocycles. The molecule has 0 rings (SSSR count). The second-order valence-corrected chi connectivity index (χ2v) is 4.59. The summed E-state index contributed by atoms with van der Waals surface area (Å²) in [6.45, 7) is 6.60. The van der Waals surface area contributed by atoms with Gasteiger partial charge in [0.25, 0.3) is 0 Å². The zero-order valence-electron chi connectivity index (χ0n) is 11.9. The first kappa shape index (κ1) is 16.4. The van der Waals surface area contributed by atoms with Crippen molar-refractivity contribution < 1.29 is 0 Å². The van der Waals surface area contributed by atoms with Gasteiger partial charge in [0.05, 0.1) is 0 Å². The van der Waals surface area contributed by atoms with Crippen molar-refractivity contribution in [1.82, 2.24) is 5.32 Å². The molecule has 0 unspecified atom stereocenters. The summed E-state index contributed by atoms with van der Waals surface area (Å²) < 4.78 is 0. The van der Waals surface area contributed by atoms with Gasteiger partial charge in [-0.1, -0.05) is 63.8 Å². The van der Waals surface area contributed by atoms with Crippen LogP contribution in [0.5, 0.6) is 0 Å². The van der Waals surface area contributed by atoms with Crippen LogP contribution >= 0.6 is 0 Å². The predicted molar refractivity (Wildman–Crippen MR) is 79.4 cm³/mol. The Bertz CT molecular complexity index is 182. The highest BCUT2D eigenvalue weighted by Crippen LogP contribution is 2.05. The van der Waals surface area contributed by atoms with Crippen LogP contribution in [0.4, 0.5) is 0 Å². The molecule has 0 spiro atoms. The van der Waals surface area contributed by atoms with Crippen LogP contribution in [0.15, 0.2) is 24.3 Å². The Morgan fingerprint density at radius 1 is 0.765 bits per heavy atom. The fraction of sp³-hybridized carbons (Fsp3) is 0.750. The summed E-state index contributed by atoms with van der Waals surface area (Å²) in [6, 6.07) is 0. The van der Waals surface area contributed by atoms with Gasteiger partial charge in [0.1, 0.15) is 0 Å². The minimum absolute atomic E-state index is 1.01. The highest BCUT2D eigenvalue weighted by atomic mass is 14.8. The second-order valence-electron chi connectivity index (χ2n) is 4.59. The molecule has 0 saturated carbocycles. The van der Waals surface area contributed by atoms with Crippen molar-refractivity contribution >= 4 is 0 Å². The van der Waals surface area contributed by atoms with E-state index in [2.05, 4.69) is 43.5 Å². The van der Waals surface area contributed by atoms with E-state index in [4.69, 9.17) is 0 Å². The van der Waals surface area contributed by atoms with Crippen LogP contribution in [0, 0.1) is 0 Å². The molecule has 0 saturated heterocycles. The van der Waals surface area contributed by atoms with Crippen molar-refractivity contribution in [2.24, 2.45) is 0 Å². The zero-order valence-corrected chi connectivity index (χ0v) is 11.9. The minimum Gasteiger partial charge on any atom is -0.313 e. The number of allylic oxidation sites excluding steroid dienone is 3. The average molecular weight is 237 g/mol. The lowest BCUT2D eigenvalue weighted by molar-refractivity contribution is 0.637. The van der Waals surface area contributed by atoms with Gasteiger partial charge in [-0.15, -0.1) is 0 Å². The van der Waals surface area contributed by atoms with Crippen LogP contribution in [-0.4, -0.2) is 13.1 Å². The molecule has 0 bridgehead atoms. The molecule has 0 amide bonds. The lowest BCUT2D eigenvalue weighted by Crippen LogP contribution is -2.13. The van der Waals surface area contributed by atoms with E-state index in [9.17, 15) is 0 Å². The van der Waals surface area contributed by atoms with E-state index in [1.54, 1.807) is 0 Å². The largest absolute Gasteiger partial charge is 0.313 e. The van der Waals surface area contributed by atoms with E-state index in [1.165, 1.54) is 44.9 Å². The molecular weight excluding hydrogens is 206 g/mol. The topological polar surface area (TPSA) is 12.0 Å². The molecule has 0 aromatic carbocycles. The third kappa shape index (κ3) is 15.4. The Labute approximate surface area is 108 Å². The molecule has 1 nitrogen and oxygen atoms in total. The summed E-state index contributed by atoms with van der Waals surface area (Å²) in [5, 5.41) is 3.35. The van der Waals surface area contributed by atoms with Crippen molar-refractivity contribution in [3.05, 3.63) is 24.3 Å². The lowest BCUT2D eigenvalue weighted by atomic mass is 10.1. The second kappa shape index (κ2) is 15.4. The van der Waals surface area contributed by atoms with Gasteiger partial charge < -0.3 is 5.32 Å². The van der Waals surface area contributed by atoms with Crippen LogP contribution in [0.3, 0.4) is 0 Å². The van der Waals surface area contributed by atoms with Crippen LogP contribution in [0.2, 0.25) is 0 Å². The summed E-state index contributed by atoms with van der Waals surface area (Å²) in [4.78, 5) is 0. The van der Waals surface area contributed by atoms with Crippen LogP contribution in [-0.2, 0) is 0 Å². The monoisotopic (exact) mass is 237 g/mol. The van der Waals surface area contributed by atoms with Crippen LogP contribution in [0.25, 0.3) is 0 Å². The van der Waals surface area contributed by atoms with Gasteiger partial charge in [-0.3, -0.25) is 0 Å². The maximum Gasteiger partial charge on any atom is 0.0134 e. The Morgan fingerprint density at radius 3 is 2.29 bits per heavy atom. The van der Waals surface area contributed by atoms with Gasteiger partial charge >= 0.3 is 0 Å². The smallest absolute Gasteiger partial charge is 0.0134 e. The molecule has 100 valence electrons. The summed E-state index contributed by atoms with van der Waals surface area (Å²) in [7, 11) is 0. The summed E-state index contributed by atoms with van der Waals surface area (Å²) in [5.41, 5.74) is 0. The summed E-state index contributed by atoms with van der Waals surface area (Å²) >= 11 is 0. The Morgan fingerprint density at radius 2 is 1.53 bits per heavy atom. The number of unbranched alkanes of at least 4 members (excludes halogenated alkanes) is 5. The van der Waals surface area contributed by atoms with Gasteiger partial charge in [0, 0.05) is 6.54 Å². The first-order valence-electron chi connectivity index (χ1n) is 7.42. The third-order valence-corrected chi connectivity index (χ3v) is 2.77. The Balaban J connectivity index is 3.13. The van der Waals surface area contributed by atoms with E-state index in [0.717, 1.165) is 19.5 Å². The maximum atomic E-state index is 3.35. The van der Waals surface area contributed by atoms with E-state index >= 15 is 0 Å². The fourth-order valence-electron chi connectivity index (χ4n) is 1.70.